The van der Waals surface area contributed by atoms with Crippen LogP contribution in [0.25, 0.3) is 0 Å². The Kier molecular flexibility index (Phi) is 11.1. The van der Waals surface area contributed by atoms with E-state index in [1.54, 1.807) is 12.1 Å². The summed E-state index contributed by atoms with van der Waals surface area (Å²) in [6, 6.07) is 8.97. The number of amides is 2. The fraction of sp³-hybridized carbons (Fsp3) is 0.375. The third-order valence-electron chi connectivity index (χ3n) is 4.88. The predicted molar refractivity (Wildman–Crippen MR) is 130 cm³/mol. The highest BCUT2D eigenvalue weighted by Crippen LogP contribution is 2.30. The van der Waals surface area contributed by atoms with Crippen molar-refractivity contribution >= 4 is 18.2 Å². The van der Waals surface area contributed by atoms with Crippen molar-refractivity contribution in [3.05, 3.63) is 47.5 Å². The zero-order valence-electron chi connectivity index (χ0n) is 19.5. The third kappa shape index (κ3) is 8.70. The van der Waals surface area contributed by atoms with Gasteiger partial charge in [0.25, 0.3) is 5.91 Å². The molecule has 0 aliphatic carbocycles. The molecule has 3 rings (SSSR count). The van der Waals surface area contributed by atoms with Crippen LogP contribution in [-0.2, 0) is 9.53 Å². The van der Waals surface area contributed by atoms with E-state index in [0.717, 1.165) is 25.9 Å². The van der Waals surface area contributed by atoms with Gasteiger partial charge in [-0.25, -0.2) is 4.99 Å². The molecule has 0 aromatic heterocycles. The van der Waals surface area contributed by atoms with Crippen molar-refractivity contribution in [1.82, 2.24) is 16.0 Å². The highest BCUT2D eigenvalue weighted by Gasteiger charge is 2.20. The van der Waals surface area contributed by atoms with Crippen molar-refractivity contribution in [2.45, 2.75) is 25.9 Å². The number of rotatable bonds is 11. The average Bonchev–Trinajstić information content (AvgIpc) is 3.27. The monoisotopic (exact) mass is 488 g/mol. The predicted octanol–water partition coefficient (Wildman–Crippen LogP) is 1.21. The average molecular weight is 489 g/mol. The highest BCUT2D eigenvalue weighted by molar-refractivity contribution is 5.98. The minimum atomic E-state index is -0.418. The van der Waals surface area contributed by atoms with Gasteiger partial charge in [0, 0.05) is 13.1 Å². The van der Waals surface area contributed by atoms with E-state index in [2.05, 4.69) is 20.9 Å². The molecule has 2 aromatic rings. The second kappa shape index (κ2) is 14.3. The molecular formula is C24H32N4O7. The van der Waals surface area contributed by atoms with Crippen LogP contribution in [0.4, 0.5) is 0 Å². The maximum atomic E-state index is 11.8. The molecule has 190 valence electrons. The molecule has 7 N–H and O–H groups in total. The molecule has 2 amide bonds. The summed E-state index contributed by atoms with van der Waals surface area (Å²) < 4.78 is 5.36. The van der Waals surface area contributed by atoms with Crippen molar-refractivity contribution in [1.29, 1.82) is 0 Å². The van der Waals surface area contributed by atoms with E-state index >= 15 is 0 Å². The molecule has 2 aromatic carbocycles. The number of hydrogen-bond donors (Lipinski definition) is 7. The molecule has 0 bridgehead atoms. The summed E-state index contributed by atoms with van der Waals surface area (Å²) in [6.07, 6.45) is 2.30. The van der Waals surface area contributed by atoms with E-state index in [9.17, 15) is 30.0 Å². The Bertz CT molecular complexity index is 1010. The van der Waals surface area contributed by atoms with Gasteiger partial charge in [0.05, 0.1) is 17.7 Å². The topological polar surface area (TPSA) is 173 Å². The number of hydrogen-bond acceptors (Lipinski definition) is 9. The number of para-hydroxylation sites is 2. The van der Waals surface area contributed by atoms with Crippen molar-refractivity contribution < 1.29 is 34.8 Å². The molecule has 1 atom stereocenters. The van der Waals surface area contributed by atoms with Crippen LogP contribution in [0.15, 0.2) is 41.4 Å². The van der Waals surface area contributed by atoms with Gasteiger partial charge < -0.3 is 41.1 Å². The van der Waals surface area contributed by atoms with Crippen LogP contribution in [0.5, 0.6) is 23.0 Å². The molecule has 1 aliphatic rings. The van der Waals surface area contributed by atoms with Gasteiger partial charge in [-0.2, -0.15) is 0 Å². The number of phenols is 4. The standard InChI is InChI=1S/C14H21N3O4.C10H11NO3/c18-10-16-8-2-6-15-7-3-9-17-14(21)11-4-1-5-12(19)13(11)20;1-6-5-11-10(14-6)7-3-2-4-8(12)9(7)13/h1,4-5,10,15,19-20H,2-3,6-9H2,(H,16,18)(H,17,21);2-4,6,12-13H,5H2,1H3. The molecule has 1 unspecified atom stereocenters. The molecule has 0 radical (unpaired) electrons. The van der Waals surface area contributed by atoms with E-state index < -0.39 is 11.7 Å². The maximum Gasteiger partial charge on any atom is 0.255 e. The number of carbonyl (C=O) groups is 2. The maximum absolute atomic E-state index is 11.8. The molecule has 0 spiro atoms. The van der Waals surface area contributed by atoms with Crippen LogP contribution in [0.3, 0.4) is 0 Å². The third-order valence-corrected chi connectivity index (χ3v) is 4.88. The van der Waals surface area contributed by atoms with Gasteiger partial charge in [-0.15, -0.1) is 0 Å². The summed E-state index contributed by atoms with van der Waals surface area (Å²) in [6.45, 7) is 5.13. The fourth-order valence-electron chi connectivity index (χ4n) is 3.05. The lowest BCUT2D eigenvalue weighted by Crippen LogP contribution is -2.28. The first-order valence-corrected chi connectivity index (χ1v) is 11.2. The largest absolute Gasteiger partial charge is 0.504 e. The Balaban J connectivity index is 0.000000266. The summed E-state index contributed by atoms with van der Waals surface area (Å²) >= 11 is 0. The molecule has 1 aliphatic heterocycles. The lowest BCUT2D eigenvalue weighted by Gasteiger charge is -2.08. The van der Waals surface area contributed by atoms with Crippen LogP contribution in [0, 0.1) is 0 Å². The Morgan fingerprint density at radius 3 is 2.31 bits per heavy atom. The van der Waals surface area contributed by atoms with Gasteiger partial charge in [-0.3, -0.25) is 9.59 Å². The Labute approximate surface area is 203 Å². The van der Waals surface area contributed by atoms with Crippen molar-refractivity contribution in [3.63, 3.8) is 0 Å². The van der Waals surface area contributed by atoms with Gasteiger partial charge in [0.2, 0.25) is 12.3 Å². The van der Waals surface area contributed by atoms with Crippen LogP contribution >= 0.6 is 0 Å². The SMILES string of the molecule is CC1CN=C(c2cccc(O)c2O)O1.O=CNCCCNCCCNC(=O)c1cccc(O)c1O. The smallest absolute Gasteiger partial charge is 0.255 e. The van der Waals surface area contributed by atoms with E-state index in [4.69, 9.17) is 4.74 Å². The summed E-state index contributed by atoms with van der Waals surface area (Å²) in [5.74, 6) is -1.08. The molecule has 0 saturated heterocycles. The molecule has 11 nitrogen and oxygen atoms in total. The number of phenolic OH excluding ortho intramolecular Hbond substituents is 4. The van der Waals surface area contributed by atoms with Crippen molar-refractivity contribution in [2.24, 2.45) is 4.99 Å². The van der Waals surface area contributed by atoms with E-state index in [0.29, 0.717) is 37.5 Å². The lowest BCUT2D eigenvalue weighted by molar-refractivity contribution is -0.109. The quantitative estimate of drug-likeness (QED) is 0.140. The summed E-state index contributed by atoms with van der Waals surface area (Å²) in [5.41, 5.74) is 0.497. The van der Waals surface area contributed by atoms with Gasteiger partial charge >= 0.3 is 0 Å². The van der Waals surface area contributed by atoms with Crippen LogP contribution in [0.1, 0.15) is 35.7 Å². The highest BCUT2D eigenvalue weighted by atomic mass is 16.5. The summed E-state index contributed by atoms with van der Waals surface area (Å²) in [5, 5.41) is 46.1. The number of aromatic hydroxyl groups is 4. The van der Waals surface area contributed by atoms with Crippen molar-refractivity contribution in [2.75, 3.05) is 32.7 Å². The summed E-state index contributed by atoms with van der Waals surface area (Å²) in [7, 11) is 0. The molecule has 1 heterocycles. The number of ether oxygens (including phenoxy) is 1. The van der Waals surface area contributed by atoms with Gasteiger partial charge in [0.15, 0.2) is 23.0 Å². The first-order valence-electron chi connectivity index (χ1n) is 11.2. The minimum absolute atomic E-state index is 0.0340. The second-order valence-electron chi connectivity index (χ2n) is 7.71. The number of benzene rings is 2. The van der Waals surface area contributed by atoms with Crippen molar-refractivity contribution in [3.8, 4) is 23.0 Å². The zero-order chi connectivity index (χ0) is 25.6. The van der Waals surface area contributed by atoms with E-state index in [1.807, 2.05) is 6.92 Å². The number of nitrogens with zero attached hydrogens (tertiary/aromatic N) is 1. The number of nitrogens with one attached hydrogen (secondary N) is 3. The molecule has 11 heteroatoms. The number of carbonyl (C=O) groups excluding carboxylic acids is 2. The lowest BCUT2D eigenvalue weighted by atomic mass is 10.1. The minimum Gasteiger partial charge on any atom is -0.504 e. The summed E-state index contributed by atoms with van der Waals surface area (Å²) in [4.78, 5) is 25.9. The molecule has 35 heavy (non-hydrogen) atoms. The van der Waals surface area contributed by atoms with Crippen LogP contribution < -0.4 is 16.0 Å². The second-order valence-corrected chi connectivity index (χ2v) is 7.71. The molecule has 0 saturated carbocycles. The Morgan fingerprint density at radius 2 is 1.66 bits per heavy atom. The van der Waals surface area contributed by atoms with Gasteiger partial charge in [-0.05, 0) is 57.1 Å². The first kappa shape index (κ1) is 27.3. The fourth-order valence-corrected chi connectivity index (χ4v) is 3.05. The zero-order valence-corrected chi connectivity index (χ0v) is 19.5. The molecule has 0 fully saturated rings. The van der Waals surface area contributed by atoms with E-state index in [-0.39, 0.29) is 28.9 Å². The Morgan fingerprint density at radius 1 is 1.00 bits per heavy atom. The van der Waals surface area contributed by atoms with E-state index in [1.165, 1.54) is 24.3 Å². The van der Waals surface area contributed by atoms with Crippen LogP contribution in [0.2, 0.25) is 0 Å². The number of aliphatic imine (C=N–C) groups is 1. The van der Waals surface area contributed by atoms with Crippen LogP contribution in [-0.4, -0.2) is 77.5 Å². The Hall–Kier alpha value is -3.99. The normalized spacial score (nSPS) is 14.2. The molecular weight excluding hydrogens is 456 g/mol. The van der Waals surface area contributed by atoms with Gasteiger partial charge in [-0.1, -0.05) is 12.1 Å². The van der Waals surface area contributed by atoms with Gasteiger partial charge in [0.1, 0.15) is 6.10 Å². The first-order chi connectivity index (χ1) is 16.8.